The summed E-state index contributed by atoms with van der Waals surface area (Å²) in [7, 11) is 0. The molecule has 1 N–H and O–H groups in total. The van der Waals surface area contributed by atoms with Crippen LogP contribution in [0.1, 0.15) is 53.1 Å². The van der Waals surface area contributed by atoms with Crippen LogP contribution in [0, 0.1) is 17.8 Å². The summed E-state index contributed by atoms with van der Waals surface area (Å²) < 4.78 is 0.556. The molecular weight excluding hydrogens is 322 g/mol. The highest BCUT2D eigenvalue weighted by Gasteiger charge is 2.42. The summed E-state index contributed by atoms with van der Waals surface area (Å²) in [5, 5.41) is 3.26. The molecule has 1 aromatic rings. The molecule has 2 saturated carbocycles. The normalized spacial score (nSPS) is 31.4. The molecule has 0 aromatic heterocycles. The minimum Gasteiger partial charge on any atom is -0.349 e. The van der Waals surface area contributed by atoms with E-state index in [1.54, 1.807) is 0 Å². The third-order valence-electron chi connectivity index (χ3n) is 5.86. The van der Waals surface area contributed by atoms with Crippen LogP contribution in [0.4, 0.5) is 0 Å². The second-order valence-electron chi connectivity index (χ2n) is 7.30. The zero-order valence-electron chi connectivity index (χ0n) is 13.7. The maximum absolute atomic E-state index is 12.5. The molecule has 23 heavy (non-hydrogen) atoms. The monoisotopic (exact) mass is 347 g/mol. The van der Waals surface area contributed by atoms with E-state index < -0.39 is 0 Å². The van der Waals surface area contributed by atoms with Gasteiger partial charge in [-0.25, -0.2) is 0 Å². The molecule has 4 heteroatoms. The highest BCUT2D eigenvalue weighted by molar-refractivity contribution is 8.19. The van der Waals surface area contributed by atoms with E-state index in [1.165, 1.54) is 42.8 Å². The summed E-state index contributed by atoms with van der Waals surface area (Å²) in [6.07, 6.45) is 5.51. The van der Waals surface area contributed by atoms with Crippen molar-refractivity contribution in [3.63, 3.8) is 0 Å². The van der Waals surface area contributed by atoms with Gasteiger partial charge in [-0.05, 0) is 61.6 Å². The Morgan fingerprint density at radius 2 is 1.87 bits per heavy atom. The summed E-state index contributed by atoms with van der Waals surface area (Å²) in [6, 6.07) is 8.56. The average Bonchev–Trinajstić information content (AvgIpc) is 3.32. The summed E-state index contributed by atoms with van der Waals surface area (Å²) in [5.41, 5.74) is 2.15. The van der Waals surface area contributed by atoms with Crippen LogP contribution in [0.3, 0.4) is 0 Å². The molecule has 1 aliphatic heterocycles. The van der Waals surface area contributed by atoms with E-state index in [-0.39, 0.29) is 5.91 Å². The number of nitrogens with one attached hydrogen (secondary N) is 1. The predicted octanol–water partition coefficient (Wildman–Crippen LogP) is 4.72. The molecule has 4 unspecified atom stereocenters. The van der Waals surface area contributed by atoms with E-state index >= 15 is 0 Å². The number of carbonyl (C=O) groups is 1. The molecule has 3 aliphatic rings. The van der Waals surface area contributed by atoms with Crippen molar-refractivity contribution < 1.29 is 4.79 Å². The van der Waals surface area contributed by atoms with Crippen LogP contribution in [0.5, 0.6) is 0 Å². The summed E-state index contributed by atoms with van der Waals surface area (Å²) in [6.45, 7) is 2.20. The van der Waals surface area contributed by atoms with Gasteiger partial charge in [0, 0.05) is 23.1 Å². The van der Waals surface area contributed by atoms with E-state index in [4.69, 9.17) is 0 Å². The Morgan fingerprint density at radius 3 is 2.48 bits per heavy atom. The molecular formula is C19H25NOS2. The molecule has 2 bridgehead atoms. The van der Waals surface area contributed by atoms with Crippen molar-refractivity contribution >= 4 is 29.4 Å². The van der Waals surface area contributed by atoms with E-state index in [0.717, 1.165) is 17.4 Å². The Bertz CT molecular complexity index is 567. The van der Waals surface area contributed by atoms with Crippen LogP contribution in [-0.2, 0) is 0 Å². The lowest BCUT2D eigenvalue weighted by Gasteiger charge is -2.28. The highest BCUT2D eigenvalue weighted by Crippen LogP contribution is 2.49. The maximum atomic E-state index is 12.5. The minimum absolute atomic E-state index is 0.0959. The van der Waals surface area contributed by atoms with E-state index in [0.29, 0.717) is 16.5 Å². The topological polar surface area (TPSA) is 29.1 Å². The molecule has 1 amide bonds. The zero-order valence-corrected chi connectivity index (χ0v) is 15.3. The van der Waals surface area contributed by atoms with E-state index in [9.17, 15) is 4.79 Å². The van der Waals surface area contributed by atoms with Crippen molar-refractivity contribution in [2.75, 3.05) is 11.5 Å². The molecule has 124 valence electrons. The molecule has 1 heterocycles. The van der Waals surface area contributed by atoms with Crippen molar-refractivity contribution in [3.05, 3.63) is 35.4 Å². The lowest BCUT2D eigenvalue weighted by molar-refractivity contribution is 0.0915. The first-order valence-corrected chi connectivity index (χ1v) is 10.9. The highest BCUT2D eigenvalue weighted by atomic mass is 32.2. The standard InChI is InChI=1S/C19H25NOS2/c1-12(17-11-13-2-3-16(17)10-13)20-18(21)14-4-6-15(7-5-14)19-22-8-9-23-19/h4-7,12-13,16-17,19H,2-3,8-11H2,1H3,(H,20,21). The summed E-state index contributed by atoms with van der Waals surface area (Å²) >= 11 is 4.01. The number of hydrogen-bond donors (Lipinski definition) is 1. The largest absolute Gasteiger partial charge is 0.349 e. The van der Waals surface area contributed by atoms with Gasteiger partial charge in [0.2, 0.25) is 0 Å². The second kappa shape index (κ2) is 6.72. The van der Waals surface area contributed by atoms with Crippen LogP contribution in [0.2, 0.25) is 0 Å². The van der Waals surface area contributed by atoms with E-state index in [1.807, 2.05) is 35.7 Å². The van der Waals surface area contributed by atoms with Crippen LogP contribution in [0.25, 0.3) is 0 Å². The van der Waals surface area contributed by atoms with Crippen molar-refractivity contribution in [1.82, 2.24) is 5.32 Å². The van der Waals surface area contributed by atoms with Crippen molar-refractivity contribution in [2.45, 2.75) is 43.2 Å². The van der Waals surface area contributed by atoms with Crippen LogP contribution in [0.15, 0.2) is 24.3 Å². The van der Waals surface area contributed by atoms with Crippen molar-refractivity contribution in [2.24, 2.45) is 17.8 Å². The Morgan fingerprint density at radius 1 is 1.13 bits per heavy atom. The van der Waals surface area contributed by atoms with Gasteiger partial charge >= 0.3 is 0 Å². The minimum atomic E-state index is 0.0959. The number of benzene rings is 1. The van der Waals surface area contributed by atoms with Crippen LogP contribution < -0.4 is 5.32 Å². The van der Waals surface area contributed by atoms with Gasteiger partial charge in [0.15, 0.2) is 0 Å². The maximum Gasteiger partial charge on any atom is 0.251 e. The molecule has 4 atom stereocenters. The lowest BCUT2D eigenvalue weighted by Crippen LogP contribution is -2.40. The smallest absolute Gasteiger partial charge is 0.251 e. The number of thioether (sulfide) groups is 2. The second-order valence-corrected chi connectivity index (χ2v) is 10.0. The Hall–Kier alpha value is -0.610. The third-order valence-corrected chi connectivity index (χ3v) is 8.97. The third kappa shape index (κ3) is 3.30. The fourth-order valence-corrected chi connectivity index (χ4v) is 7.51. The first kappa shape index (κ1) is 15.9. The van der Waals surface area contributed by atoms with Crippen molar-refractivity contribution in [3.8, 4) is 0 Å². The van der Waals surface area contributed by atoms with Gasteiger partial charge in [0.1, 0.15) is 0 Å². The molecule has 0 spiro atoms. The molecule has 1 saturated heterocycles. The van der Waals surface area contributed by atoms with Gasteiger partial charge in [-0.2, -0.15) is 0 Å². The van der Waals surface area contributed by atoms with Gasteiger partial charge < -0.3 is 5.32 Å². The number of rotatable bonds is 4. The van der Waals surface area contributed by atoms with Crippen LogP contribution in [-0.4, -0.2) is 23.5 Å². The Kier molecular flexibility index (Phi) is 4.64. The molecule has 4 rings (SSSR count). The predicted molar refractivity (Wildman–Crippen MR) is 100.0 cm³/mol. The Labute approximate surface area is 147 Å². The zero-order chi connectivity index (χ0) is 15.8. The number of carbonyl (C=O) groups excluding carboxylic acids is 1. The quantitative estimate of drug-likeness (QED) is 0.854. The van der Waals surface area contributed by atoms with Crippen LogP contribution >= 0.6 is 23.5 Å². The van der Waals surface area contributed by atoms with E-state index in [2.05, 4.69) is 24.4 Å². The number of fused-ring (bicyclic) bond motifs is 2. The first-order chi connectivity index (χ1) is 11.2. The van der Waals surface area contributed by atoms with Gasteiger partial charge in [0.25, 0.3) is 5.91 Å². The van der Waals surface area contributed by atoms with Gasteiger partial charge in [-0.1, -0.05) is 18.6 Å². The molecule has 3 fully saturated rings. The first-order valence-electron chi connectivity index (χ1n) is 8.85. The Balaban J connectivity index is 1.36. The summed E-state index contributed by atoms with van der Waals surface area (Å²) in [4.78, 5) is 12.5. The van der Waals surface area contributed by atoms with Gasteiger partial charge in [-0.3, -0.25) is 4.79 Å². The van der Waals surface area contributed by atoms with Gasteiger partial charge in [-0.15, -0.1) is 23.5 Å². The summed E-state index contributed by atoms with van der Waals surface area (Å²) in [5.74, 6) is 5.05. The molecule has 0 radical (unpaired) electrons. The average molecular weight is 348 g/mol. The van der Waals surface area contributed by atoms with Gasteiger partial charge in [0.05, 0.1) is 4.58 Å². The SMILES string of the molecule is CC(NC(=O)c1ccc(C2SCCS2)cc1)C1CC2CCC1C2. The number of amides is 1. The fraction of sp³-hybridized carbons (Fsp3) is 0.632. The fourth-order valence-electron chi connectivity index (χ4n) is 4.65. The van der Waals surface area contributed by atoms with Crippen molar-refractivity contribution in [1.29, 1.82) is 0 Å². The lowest BCUT2D eigenvalue weighted by atomic mass is 9.84. The molecule has 2 aliphatic carbocycles. The molecule has 2 nitrogen and oxygen atoms in total. The number of hydrogen-bond acceptors (Lipinski definition) is 3. The molecule has 1 aromatic carbocycles.